The van der Waals surface area contributed by atoms with Crippen molar-refractivity contribution in [3.63, 3.8) is 0 Å². The number of benzene rings is 2. The van der Waals surface area contributed by atoms with E-state index in [9.17, 15) is 9.59 Å². The van der Waals surface area contributed by atoms with Crippen LogP contribution in [-0.4, -0.2) is 20.8 Å². The van der Waals surface area contributed by atoms with Crippen LogP contribution in [0.1, 0.15) is 29.9 Å². The number of nitrogens with one attached hydrogen (secondary N) is 1. The predicted molar refractivity (Wildman–Crippen MR) is 96.4 cm³/mol. The molecular formula is C19H19N3O3. The van der Waals surface area contributed by atoms with Crippen LogP contribution in [0.5, 0.6) is 0 Å². The van der Waals surface area contributed by atoms with Gasteiger partial charge < -0.3 is 10.4 Å². The Labute approximate surface area is 144 Å². The highest BCUT2D eigenvalue weighted by atomic mass is 16.4. The molecule has 25 heavy (non-hydrogen) atoms. The van der Waals surface area contributed by atoms with Gasteiger partial charge in [-0.3, -0.25) is 9.36 Å². The number of amides is 1. The van der Waals surface area contributed by atoms with Crippen LogP contribution in [0.25, 0.3) is 16.6 Å². The molecule has 0 saturated carbocycles. The number of aryl methyl sites for hydroxylation is 2. The van der Waals surface area contributed by atoms with Crippen molar-refractivity contribution in [3.05, 3.63) is 69.8 Å². The van der Waals surface area contributed by atoms with E-state index in [1.807, 2.05) is 50.2 Å². The van der Waals surface area contributed by atoms with Gasteiger partial charge in [-0.25, -0.2) is 9.78 Å². The Morgan fingerprint density at radius 2 is 1.80 bits per heavy atom. The Morgan fingerprint density at radius 3 is 2.48 bits per heavy atom. The summed E-state index contributed by atoms with van der Waals surface area (Å²) in [7, 11) is 0. The average Bonchev–Trinajstić information content (AvgIpc) is 2.55. The molecule has 0 saturated heterocycles. The molecule has 6 nitrogen and oxygen atoms in total. The van der Waals surface area contributed by atoms with Gasteiger partial charge in [-0.05, 0) is 44.0 Å². The molecule has 2 N–H and O–H groups in total. The minimum Gasteiger partial charge on any atom is -0.465 e. The van der Waals surface area contributed by atoms with Gasteiger partial charge in [0.05, 0.1) is 22.6 Å². The molecule has 0 aliphatic heterocycles. The van der Waals surface area contributed by atoms with E-state index in [4.69, 9.17) is 5.11 Å². The van der Waals surface area contributed by atoms with Crippen molar-refractivity contribution < 1.29 is 9.90 Å². The molecule has 6 heteroatoms. The third kappa shape index (κ3) is 2.98. The standard InChI is InChI=1S/C19H19N3O3/c1-11-7-4-5-10-15(11)22-17(13(3)20-19(24)25)21-14-9-6-8-12(2)16(14)18(22)23/h4-10,13,20H,1-3H3,(H,24,25). The lowest BCUT2D eigenvalue weighted by molar-refractivity contribution is 0.190. The number of hydrogen-bond acceptors (Lipinski definition) is 3. The number of para-hydroxylation sites is 1. The van der Waals surface area contributed by atoms with E-state index in [-0.39, 0.29) is 5.56 Å². The van der Waals surface area contributed by atoms with E-state index in [2.05, 4.69) is 10.3 Å². The first-order chi connectivity index (χ1) is 11.9. The summed E-state index contributed by atoms with van der Waals surface area (Å²) in [4.78, 5) is 28.9. The van der Waals surface area contributed by atoms with Crippen molar-refractivity contribution >= 4 is 17.0 Å². The van der Waals surface area contributed by atoms with Crippen molar-refractivity contribution in [1.82, 2.24) is 14.9 Å². The van der Waals surface area contributed by atoms with Gasteiger partial charge in [0, 0.05) is 0 Å². The van der Waals surface area contributed by atoms with Gasteiger partial charge >= 0.3 is 6.09 Å². The monoisotopic (exact) mass is 337 g/mol. The maximum absolute atomic E-state index is 13.3. The smallest absolute Gasteiger partial charge is 0.405 e. The van der Waals surface area contributed by atoms with Crippen molar-refractivity contribution in [2.75, 3.05) is 0 Å². The number of nitrogens with zero attached hydrogens (tertiary/aromatic N) is 2. The maximum atomic E-state index is 13.3. The summed E-state index contributed by atoms with van der Waals surface area (Å²) in [6.45, 7) is 5.45. The SMILES string of the molecule is Cc1ccccc1-n1c(C(C)NC(=O)O)nc2cccc(C)c2c1=O. The average molecular weight is 337 g/mol. The van der Waals surface area contributed by atoms with Crippen LogP contribution >= 0.6 is 0 Å². The second-order valence-electron chi connectivity index (χ2n) is 6.04. The highest BCUT2D eigenvalue weighted by molar-refractivity contribution is 5.81. The normalized spacial score (nSPS) is 12.1. The van der Waals surface area contributed by atoms with Crippen molar-refractivity contribution in [1.29, 1.82) is 0 Å². The third-order valence-corrected chi connectivity index (χ3v) is 4.22. The van der Waals surface area contributed by atoms with Crippen LogP contribution in [0.3, 0.4) is 0 Å². The molecule has 1 unspecified atom stereocenters. The molecule has 3 aromatic rings. The summed E-state index contributed by atoms with van der Waals surface area (Å²) >= 11 is 0. The first kappa shape index (κ1) is 16.7. The van der Waals surface area contributed by atoms with Gasteiger partial charge in [0.1, 0.15) is 5.82 Å². The molecule has 0 aliphatic rings. The molecule has 0 radical (unpaired) electrons. The fraction of sp³-hybridized carbons (Fsp3) is 0.211. The van der Waals surface area contributed by atoms with E-state index >= 15 is 0 Å². The zero-order chi connectivity index (χ0) is 18.1. The first-order valence-electron chi connectivity index (χ1n) is 7.98. The molecule has 0 bridgehead atoms. The summed E-state index contributed by atoms with van der Waals surface area (Å²) in [5.41, 5.74) is 2.79. The number of fused-ring (bicyclic) bond motifs is 1. The lowest BCUT2D eigenvalue weighted by Gasteiger charge is -2.20. The Morgan fingerprint density at radius 1 is 1.12 bits per heavy atom. The van der Waals surface area contributed by atoms with Gasteiger partial charge in [-0.2, -0.15) is 0 Å². The van der Waals surface area contributed by atoms with Crippen LogP contribution in [0.4, 0.5) is 4.79 Å². The molecule has 1 amide bonds. The predicted octanol–water partition coefficient (Wildman–Crippen LogP) is 3.33. The highest BCUT2D eigenvalue weighted by Gasteiger charge is 2.20. The largest absolute Gasteiger partial charge is 0.465 e. The zero-order valence-electron chi connectivity index (χ0n) is 14.3. The Balaban J connectivity index is 2.41. The molecule has 1 aromatic heterocycles. The fourth-order valence-electron chi connectivity index (χ4n) is 3.00. The molecule has 0 spiro atoms. The lowest BCUT2D eigenvalue weighted by atomic mass is 10.1. The quantitative estimate of drug-likeness (QED) is 0.768. The van der Waals surface area contributed by atoms with E-state index < -0.39 is 12.1 Å². The number of hydrogen-bond donors (Lipinski definition) is 2. The minimum absolute atomic E-state index is 0.202. The van der Waals surface area contributed by atoms with E-state index in [1.165, 1.54) is 4.57 Å². The Bertz CT molecular complexity index is 1020. The van der Waals surface area contributed by atoms with Gasteiger partial charge in [0.2, 0.25) is 0 Å². The summed E-state index contributed by atoms with van der Waals surface area (Å²) in [5.74, 6) is 0.361. The summed E-state index contributed by atoms with van der Waals surface area (Å²) < 4.78 is 1.51. The summed E-state index contributed by atoms with van der Waals surface area (Å²) in [5, 5.41) is 12.0. The molecule has 3 rings (SSSR count). The Hall–Kier alpha value is -3.15. The fourth-order valence-corrected chi connectivity index (χ4v) is 3.00. The van der Waals surface area contributed by atoms with Gasteiger partial charge in [0.25, 0.3) is 5.56 Å². The summed E-state index contributed by atoms with van der Waals surface area (Å²) in [6, 6.07) is 12.3. The number of carboxylic acid groups (broad SMARTS) is 1. The summed E-state index contributed by atoms with van der Waals surface area (Å²) in [6.07, 6.45) is -1.16. The van der Waals surface area contributed by atoms with Crippen LogP contribution in [0, 0.1) is 13.8 Å². The lowest BCUT2D eigenvalue weighted by Crippen LogP contribution is -2.32. The van der Waals surface area contributed by atoms with Crippen molar-refractivity contribution in [2.45, 2.75) is 26.8 Å². The maximum Gasteiger partial charge on any atom is 0.405 e. The first-order valence-corrected chi connectivity index (χ1v) is 7.98. The molecule has 2 aromatic carbocycles. The van der Waals surface area contributed by atoms with Gasteiger partial charge in [-0.1, -0.05) is 30.3 Å². The van der Waals surface area contributed by atoms with E-state index in [1.54, 1.807) is 13.0 Å². The number of aromatic nitrogens is 2. The number of carbonyl (C=O) groups is 1. The molecule has 0 fully saturated rings. The van der Waals surface area contributed by atoms with Gasteiger partial charge in [0.15, 0.2) is 0 Å². The van der Waals surface area contributed by atoms with Crippen molar-refractivity contribution in [3.8, 4) is 5.69 Å². The van der Waals surface area contributed by atoms with Crippen LogP contribution in [0.15, 0.2) is 47.3 Å². The van der Waals surface area contributed by atoms with Crippen LogP contribution in [0.2, 0.25) is 0 Å². The Kier molecular flexibility index (Phi) is 4.27. The minimum atomic E-state index is -1.16. The molecule has 1 atom stereocenters. The highest BCUT2D eigenvalue weighted by Crippen LogP contribution is 2.21. The van der Waals surface area contributed by atoms with Crippen molar-refractivity contribution in [2.24, 2.45) is 0 Å². The second-order valence-corrected chi connectivity index (χ2v) is 6.04. The number of rotatable bonds is 3. The van der Waals surface area contributed by atoms with E-state index in [0.29, 0.717) is 22.4 Å². The zero-order valence-corrected chi connectivity index (χ0v) is 14.3. The molecule has 128 valence electrons. The van der Waals surface area contributed by atoms with Gasteiger partial charge in [-0.15, -0.1) is 0 Å². The molecule has 1 heterocycles. The van der Waals surface area contributed by atoms with E-state index in [0.717, 1.165) is 11.1 Å². The molecule has 0 aliphatic carbocycles. The molecular weight excluding hydrogens is 318 g/mol. The second kappa shape index (κ2) is 6.39. The third-order valence-electron chi connectivity index (χ3n) is 4.22. The van der Waals surface area contributed by atoms with Crippen LogP contribution in [-0.2, 0) is 0 Å². The topological polar surface area (TPSA) is 84.2 Å². The van der Waals surface area contributed by atoms with Crippen LogP contribution < -0.4 is 10.9 Å².